The van der Waals surface area contributed by atoms with Gasteiger partial charge in [-0.25, -0.2) is 9.59 Å². The number of fused-ring (bicyclic) bond motifs is 2. The molecule has 0 aromatic heterocycles. The fourth-order valence-electron chi connectivity index (χ4n) is 8.45. The topological polar surface area (TPSA) is 147 Å². The molecule has 2 unspecified atom stereocenters. The van der Waals surface area contributed by atoms with E-state index in [2.05, 4.69) is 57.0 Å². The number of esters is 1. The quantitative estimate of drug-likeness (QED) is 0.102. The maximum atomic E-state index is 13.4. The summed E-state index contributed by atoms with van der Waals surface area (Å²) in [7, 11) is -5.29. The second-order valence-electron chi connectivity index (χ2n) is 19.2. The molecule has 0 amide bonds. The van der Waals surface area contributed by atoms with E-state index in [1.54, 1.807) is 41.5 Å². The zero-order chi connectivity index (χ0) is 44.5. The van der Waals surface area contributed by atoms with Crippen molar-refractivity contribution in [2.75, 3.05) is 57.9 Å². The highest BCUT2D eigenvalue weighted by Crippen LogP contribution is 2.65. The number of likely N-dealkylation sites (tertiary alicyclic amines) is 2. The van der Waals surface area contributed by atoms with Gasteiger partial charge >= 0.3 is 18.3 Å². The molecule has 2 aromatic rings. The molecule has 4 aliphatic heterocycles. The lowest BCUT2D eigenvalue weighted by Gasteiger charge is -2.28. The van der Waals surface area contributed by atoms with Crippen LogP contribution in [-0.4, -0.2) is 108 Å². The molecule has 15 heteroatoms. The van der Waals surface area contributed by atoms with Gasteiger partial charge in [-0.3, -0.25) is 23.7 Å². The van der Waals surface area contributed by atoms with Gasteiger partial charge in [0.15, 0.2) is 0 Å². The van der Waals surface area contributed by atoms with Crippen LogP contribution >= 0.6 is 14.7 Å². The highest BCUT2D eigenvalue weighted by atomic mass is 31.2. The fraction of sp³-hybridized carbons (Fsp3) is 0.667. The van der Waals surface area contributed by atoms with Gasteiger partial charge in [0.05, 0.1) is 13.2 Å². The third kappa shape index (κ3) is 15.7. The molecule has 2 aromatic carbocycles. The first-order chi connectivity index (χ1) is 27.9. The van der Waals surface area contributed by atoms with E-state index in [0.29, 0.717) is 31.2 Å². The Morgan fingerprint density at radius 2 is 1.00 bits per heavy atom. The van der Waals surface area contributed by atoms with Crippen molar-refractivity contribution >= 4 is 33.0 Å². The van der Waals surface area contributed by atoms with Crippen molar-refractivity contribution < 1.29 is 51.5 Å². The first-order valence-electron chi connectivity index (χ1n) is 21.2. The van der Waals surface area contributed by atoms with Crippen LogP contribution in [0.1, 0.15) is 87.3 Å². The SMILES string of the molecule is CC(C)(C)OC(=O)OC(=O)OC(C)(C)C.CCOP1(=O)C[C@@H]2CN(Cc3ccccc3)C[C@@H]2[C@@H]1C(=O)OC(C)(C)C.CCOP1(=O)C[C@H]2CN(Cc3ccccc3)C[C@H]2C1. The second-order valence-corrected chi connectivity index (χ2v) is 24.5. The third-order valence-corrected chi connectivity index (χ3v) is 16.3. The van der Waals surface area contributed by atoms with Gasteiger partial charge in [-0.05, 0) is 111 Å². The average Bonchev–Trinajstić information content (AvgIpc) is 3.80. The summed E-state index contributed by atoms with van der Waals surface area (Å²) in [6.07, 6.45) is -0.0256. The minimum atomic E-state index is -3.01. The molecule has 0 spiro atoms. The van der Waals surface area contributed by atoms with Crippen LogP contribution in [0.4, 0.5) is 9.59 Å². The van der Waals surface area contributed by atoms with Crippen LogP contribution in [0.25, 0.3) is 0 Å². The Morgan fingerprint density at radius 3 is 1.42 bits per heavy atom. The summed E-state index contributed by atoms with van der Waals surface area (Å²) in [4.78, 5) is 39.7. The van der Waals surface area contributed by atoms with Gasteiger partial charge in [0, 0.05) is 57.8 Å². The van der Waals surface area contributed by atoms with Crippen LogP contribution in [0.15, 0.2) is 60.7 Å². The number of nitrogens with zero attached hydrogens (tertiary/aromatic N) is 2. The zero-order valence-electron chi connectivity index (χ0n) is 37.7. The first kappa shape index (κ1) is 49.6. The molecule has 13 nitrogen and oxygen atoms in total. The van der Waals surface area contributed by atoms with E-state index in [1.807, 2.05) is 52.8 Å². The Hall–Kier alpha value is -3.05. The molecule has 4 heterocycles. The van der Waals surface area contributed by atoms with Crippen molar-refractivity contribution in [3.8, 4) is 0 Å². The van der Waals surface area contributed by atoms with Gasteiger partial charge in [0.2, 0.25) is 14.7 Å². The zero-order valence-corrected chi connectivity index (χ0v) is 39.5. The van der Waals surface area contributed by atoms with Crippen molar-refractivity contribution in [2.24, 2.45) is 23.7 Å². The summed E-state index contributed by atoms with van der Waals surface area (Å²) in [6.45, 7) is 25.9. The number of ether oxygens (including phenoxy) is 4. The average molecular weight is 877 g/mol. The Kier molecular flexibility index (Phi) is 17.3. The molecule has 60 heavy (non-hydrogen) atoms. The number of carbonyl (C=O) groups is 3. The van der Waals surface area contributed by atoms with Gasteiger partial charge in [-0.15, -0.1) is 0 Å². The molecule has 4 fully saturated rings. The molecule has 7 atom stereocenters. The summed E-state index contributed by atoms with van der Waals surface area (Å²) >= 11 is 0. The van der Waals surface area contributed by atoms with Crippen LogP contribution in [0, 0.1) is 23.7 Å². The second kappa shape index (κ2) is 20.9. The van der Waals surface area contributed by atoms with Crippen LogP contribution < -0.4 is 0 Å². The minimum absolute atomic E-state index is 0.0472. The number of rotatable bonds is 9. The predicted molar refractivity (Wildman–Crippen MR) is 234 cm³/mol. The summed E-state index contributed by atoms with van der Waals surface area (Å²) in [5.41, 5.74) is 0.0180. The Bertz CT molecular complexity index is 1760. The van der Waals surface area contributed by atoms with Crippen molar-refractivity contribution in [1.82, 2.24) is 9.80 Å². The van der Waals surface area contributed by atoms with E-state index in [1.165, 1.54) is 11.1 Å². The van der Waals surface area contributed by atoms with Crippen LogP contribution in [0.5, 0.6) is 0 Å². The van der Waals surface area contributed by atoms with Gasteiger partial charge < -0.3 is 28.0 Å². The van der Waals surface area contributed by atoms with Gasteiger partial charge in [-0.1, -0.05) is 60.7 Å². The molecule has 4 saturated heterocycles. The molecular formula is C45H70N2O11P2. The van der Waals surface area contributed by atoms with Crippen LogP contribution in [0.3, 0.4) is 0 Å². The summed E-state index contributed by atoms with van der Waals surface area (Å²) in [6, 6.07) is 20.9. The third-order valence-electron chi connectivity index (χ3n) is 10.4. The summed E-state index contributed by atoms with van der Waals surface area (Å²) < 4.78 is 56.5. The van der Waals surface area contributed by atoms with E-state index < -0.39 is 49.5 Å². The maximum absolute atomic E-state index is 13.4. The molecule has 0 saturated carbocycles. The van der Waals surface area contributed by atoms with Crippen molar-refractivity contribution in [1.29, 1.82) is 0 Å². The van der Waals surface area contributed by atoms with E-state index in [0.717, 1.165) is 51.6 Å². The normalized spacial score (nSPS) is 27.7. The van der Waals surface area contributed by atoms with E-state index >= 15 is 0 Å². The number of hydrogen-bond acceptors (Lipinski definition) is 13. The lowest BCUT2D eigenvalue weighted by atomic mass is 9.95. The predicted octanol–water partition coefficient (Wildman–Crippen LogP) is 9.71. The Balaban J connectivity index is 0.000000208. The maximum Gasteiger partial charge on any atom is 0.519 e. The highest BCUT2D eigenvalue weighted by Gasteiger charge is 2.59. The molecule has 336 valence electrons. The standard InChI is InChI=1S/C20H30NO4P.C15H22NO2P.C10H18O5/c1-5-24-26(23)14-16-12-21(11-15-9-7-6-8-10-15)13-17(16)18(26)19(22)25-20(2,3)4;1-2-18-19(17)11-14-9-16(10-15(14)12-19)8-13-6-4-3-5-7-13;1-9(2,3)14-7(11)13-8(12)15-10(4,5)6/h6-10,16-18H,5,11-14H2,1-4H3;3-7,14-15H,2,8-12H2,1H3;1-6H3/t16-,17-,18+,26?;14-,15+,19?;/m0../s1. The van der Waals surface area contributed by atoms with Crippen molar-refractivity contribution in [3.63, 3.8) is 0 Å². The summed E-state index contributed by atoms with van der Waals surface area (Å²) in [5.74, 6) is 1.09. The minimum Gasteiger partial charge on any atom is -0.459 e. The molecule has 6 rings (SSSR count). The largest absolute Gasteiger partial charge is 0.519 e. The molecular weight excluding hydrogens is 806 g/mol. The van der Waals surface area contributed by atoms with E-state index in [-0.39, 0.29) is 17.8 Å². The van der Waals surface area contributed by atoms with Gasteiger partial charge in [0.1, 0.15) is 22.5 Å². The number of carbonyl (C=O) groups excluding carboxylic acids is 3. The number of hydrogen-bond donors (Lipinski definition) is 0. The lowest BCUT2D eigenvalue weighted by Crippen LogP contribution is -2.36. The summed E-state index contributed by atoms with van der Waals surface area (Å²) in [5, 5.41) is 0. The molecule has 0 aliphatic carbocycles. The molecule has 0 bridgehead atoms. The van der Waals surface area contributed by atoms with Crippen molar-refractivity contribution in [2.45, 2.75) is 112 Å². The molecule has 0 radical (unpaired) electrons. The Labute approximate surface area is 358 Å². The van der Waals surface area contributed by atoms with Crippen molar-refractivity contribution in [3.05, 3.63) is 71.8 Å². The highest BCUT2D eigenvalue weighted by molar-refractivity contribution is 7.61. The van der Waals surface area contributed by atoms with Crippen LogP contribution in [-0.2, 0) is 55.0 Å². The van der Waals surface area contributed by atoms with E-state index in [9.17, 15) is 23.5 Å². The lowest BCUT2D eigenvalue weighted by molar-refractivity contribution is -0.155. The van der Waals surface area contributed by atoms with Gasteiger partial charge in [-0.2, -0.15) is 0 Å². The van der Waals surface area contributed by atoms with Crippen LogP contribution in [0.2, 0.25) is 0 Å². The van der Waals surface area contributed by atoms with Gasteiger partial charge in [0.25, 0.3) is 0 Å². The first-order valence-corrected chi connectivity index (χ1v) is 25.1. The fourth-order valence-corrected chi connectivity index (χ4v) is 14.8. The Morgan fingerprint density at radius 1 is 0.583 bits per heavy atom. The number of benzene rings is 2. The monoisotopic (exact) mass is 876 g/mol. The smallest absolute Gasteiger partial charge is 0.459 e. The molecule has 0 N–H and O–H groups in total. The van der Waals surface area contributed by atoms with E-state index in [4.69, 9.17) is 23.3 Å². The molecule has 4 aliphatic rings.